The van der Waals surface area contributed by atoms with Gasteiger partial charge in [-0.1, -0.05) is 6.07 Å². The van der Waals surface area contributed by atoms with Gasteiger partial charge in [0.05, 0.1) is 31.5 Å². The van der Waals surface area contributed by atoms with Gasteiger partial charge >= 0.3 is 0 Å². The second-order valence-corrected chi connectivity index (χ2v) is 3.61. The number of hydrogen-bond donors (Lipinski definition) is 2. The molecule has 0 radical (unpaired) electrons. The van der Waals surface area contributed by atoms with Crippen molar-refractivity contribution in [2.45, 2.75) is 13.2 Å². The van der Waals surface area contributed by atoms with Crippen LogP contribution in [0.3, 0.4) is 0 Å². The van der Waals surface area contributed by atoms with Gasteiger partial charge in [-0.2, -0.15) is 5.26 Å². The summed E-state index contributed by atoms with van der Waals surface area (Å²) in [5.41, 5.74) is 2.68. The number of nitrogens with zero attached hydrogens (tertiary/aromatic N) is 1. The number of benzene rings is 1. The van der Waals surface area contributed by atoms with Crippen LogP contribution in [-0.4, -0.2) is 23.9 Å². The molecule has 0 saturated carbocycles. The number of ether oxygens (including phenoxy) is 1. The van der Waals surface area contributed by atoms with Crippen molar-refractivity contribution < 1.29 is 14.9 Å². The summed E-state index contributed by atoms with van der Waals surface area (Å²) in [4.78, 5) is 0. The molecule has 17 heavy (non-hydrogen) atoms. The van der Waals surface area contributed by atoms with Crippen LogP contribution >= 0.6 is 0 Å². The fourth-order valence-corrected chi connectivity index (χ4v) is 1.52. The molecule has 0 atom stereocenters. The Hall–Kier alpha value is -1.67. The van der Waals surface area contributed by atoms with Crippen LogP contribution in [0.4, 0.5) is 0 Å². The summed E-state index contributed by atoms with van der Waals surface area (Å²) in [6.07, 6.45) is 1.68. The molecule has 0 aliphatic carbocycles. The lowest BCUT2D eigenvalue weighted by molar-refractivity contribution is 0.229. The Morgan fingerprint density at radius 1 is 1.29 bits per heavy atom. The highest BCUT2D eigenvalue weighted by molar-refractivity contribution is 5.58. The molecular weight excluding hydrogens is 218 g/mol. The number of aliphatic hydroxyl groups excluding tert-OH is 2. The molecule has 0 aromatic heterocycles. The lowest BCUT2D eigenvalue weighted by Crippen LogP contribution is -1.94. The minimum absolute atomic E-state index is 0.0964. The predicted octanol–water partition coefficient (Wildman–Crippen LogP) is 1.22. The Kier molecular flexibility index (Phi) is 5.37. The SMILES string of the molecule is COC/C(C#N)=C/c1cc(CO)cc(CO)c1. The smallest absolute Gasteiger partial charge is 0.0971 e. The van der Waals surface area contributed by atoms with E-state index in [4.69, 9.17) is 20.2 Å². The van der Waals surface area contributed by atoms with Crippen molar-refractivity contribution in [3.8, 4) is 6.07 Å². The van der Waals surface area contributed by atoms with Crippen LogP contribution in [0.2, 0.25) is 0 Å². The van der Waals surface area contributed by atoms with Gasteiger partial charge in [-0.15, -0.1) is 0 Å². The largest absolute Gasteiger partial charge is 0.392 e. The van der Waals surface area contributed by atoms with Crippen molar-refractivity contribution in [2.24, 2.45) is 0 Å². The number of rotatable bonds is 5. The van der Waals surface area contributed by atoms with Crippen molar-refractivity contribution in [1.82, 2.24) is 0 Å². The van der Waals surface area contributed by atoms with Gasteiger partial charge in [0, 0.05) is 7.11 Å². The van der Waals surface area contributed by atoms with Crippen molar-refractivity contribution in [3.63, 3.8) is 0 Å². The Morgan fingerprint density at radius 3 is 2.29 bits per heavy atom. The summed E-state index contributed by atoms with van der Waals surface area (Å²) >= 11 is 0. The molecule has 1 rings (SSSR count). The van der Waals surface area contributed by atoms with Gasteiger partial charge in [0.1, 0.15) is 0 Å². The van der Waals surface area contributed by atoms with Crippen LogP contribution in [0.1, 0.15) is 16.7 Å². The Morgan fingerprint density at radius 2 is 1.88 bits per heavy atom. The van der Waals surface area contributed by atoms with Crippen LogP contribution in [0.25, 0.3) is 6.08 Å². The molecule has 0 heterocycles. The Labute approximate surface area is 100 Å². The lowest BCUT2D eigenvalue weighted by Gasteiger charge is -2.04. The molecule has 0 aliphatic heterocycles. The third-order valence-electron chi connectivity index (χ3n) is 2.22. The van der Waals surface area contributed by atoms with Gasteiger partial charge < -0.3 is 14.9 Å². The molecule has 4 heteroatoms. The summed E-state index contributed by atoms with van der Waals surface area (Å²) in [6, 6.07) is 7.30. The van der Waals surface area contributed by atoms with Crippen LogP contribution < -0.4 is 0 Å². The van der Waals surface area contributed by atoms with Crippen LogP contribution in [0.5, 0.6) is 0 Å². The highest BCUT2D eigenvalue weighted by Crippen LogP contribution is 2.14. The zero-order valence-electron chi connectivity index (χ0n) is 9.68. The standard InChI is InChI=1S/C13H15NO3/c1-17-9-13(6-14)4-10-2-11(7-15)5-12(3-10)8-16/h2-5,15-16H,7-9H2,1H3/b13-4+. The molecule has 0 saturated heterocycles. The summed E-state index contributed by atoms with van der Waals surface area (Å²) in [5.74, 6) is 0. The first kappa shape index (κ1) is 13.4. The monoisotopic (exact) mass is 233 g/mol. The quantitative estimate of drug-likeness (QED) is 0.750. The first-order valence-corrected chi connectivity index (χ1v) is 5.17. The minimum atomic E-state index is -0.0964. The molecule has 0 spiro atoms. The third kappa shape index (κ3) is 4.00. The highest BCUT2D eigenvalue weighted by Gasteiger charge is 2.01. The van der Waals surface area contributed by atoms with Crippen molar-refractivity contribution in [2.75, 3.05) is 13.7 Å². The zero-order chi connectivity index (χ0) is 12.7. The predicted molar refractivity (Wildman–Crippen MR) is 63.8 cm³/mol. The molecule has 2 N–H and O–H groups in total. The molecule has 1 aromatic rings. The van der Waals surface area contributed by atoms with E-state index in [0.29, 0.717) is 16.7 Å². The maximum Gasteiger partial charge on any atom is 0.0971 e. The molecule has 1 aromatic carbocycles. The maximum absolute atomic E-state index is 9.08. The van der Waals surface area contributed by atoms with Gasteiger partial charge in [0.15, 0.2) is 0 Å². The fourth-order valence-electron chi connectivity index (χ4n) is 1.52. The topological polar surface area (TPSA) is 73.5 Å². The van der Waals surface area contributed by atoms with E-state index in [0.717, 1.165) is 5.56 Å². The van der Waals surface area contributed by atoms with Crippen molar-refractivity contribution in [1.29, 1.82) is 5.26 Å². The Balaban J connectivity index is 3.08. The minimum Gasteiger partial charge on any atom is -0.392 e. The normalized spacial score (nSPS) is 11.3. The number of methoxy groups -OCH3 is 1. The van der Waals surface area contributed by atoms with E-state index in [9.17, 15) is 0 Å². The van der Waals surface area contributed by atoms with E-state index in [1.165, 1.54) is 7.11 Å². The van der Waals surface area contributed by atoms with Crippen LogP contribution in [0, 0.1) is 11.3 Å². The number of nitriles is 1. The first-order valence-electron chi connectivity index (χ1n) is 5.17. The highest BCUT2D eigenvalue weighted by atomic mass is 16.5. The summed E-state index contributed by atoms with van der Waals surface area (Å²) in [6.45, 7) is 0.0516. The molecule has 0 amide bonds. The maximum atomic E-state index is 9.08. The second-order valence-electron chi connectivity index (χ2n) is 3.61. The third-order valence-corrected chi connectivity index (χ3v) is 2.22. The molecule has 0 unspecified atom stereocenters. The van der Waals surface area contributed by atoms with Gasteiger partial charge in [-0.3, -0.25) is 0 Å². The van der Waals surface area contributed by atoms with Gasteiger partial charge in [-0.25, -0.2) is 0 Å². The molecular formula is C13H15NO3. The molecule has 90 valence electrons. The first-order chi connectivity index (χ1) is 8.23. The van der Waals surface area contributed by atoms with Crippen LogP contribution in [-0.2, 0) is 18.0 Å². The lowest BCUT2D eigenvalue weighted by atomic mass is 10.0. The van der Waals surface area contributed by atoms with E-state index in [2.05, 4.69) is 0 Å². The van der Waals surface area contributed by atoms with Crippen LogP contribution in [0.15, 0.2) is 23.8 Å². The number of hydrogen-bond acceptors (Lipinski definition) is 4. The van der Waals surface area contributed by atoms with Gasteiger partial charge in [-0.05, 0) is 34.9 Å². The van der Waals surface area contributed by atoms with Crippen molar-refractivity contribution >= 4 is 6.08 Å². The van der Waals surface area contributed by atoms with E-state index < -0.39 is 0 Å². The van der Waals surface area contributed by atoms with E-state index in [1.54, 1.807) is 24.3 Å². The molecule has 0 bridgehead atoms. The van der Waals surface area contributed by atoms with E-state index >= 15 is 0 Å². The van der Waals surface area contributed by atoms with Gasteiger partial charge in [0.2, 0.25) is 0 Å². The second kappa shape index (κ2) is 6.81. The molecule has 4 nitrogen and oxygen atoms in total. The van der Waals surface area contributed by atoms with E-state index in [-0.39, 0.29) is 19.8 Å². The molecule has 0 fully saturated rings. The Bertz CT molecular complexity index is 424. The van der Waals surface area contributed by atoms with E-state index in [1.807, 2.05) is 6.07 Å². The zero-order valence-corrected chi connectivity index (χ0v) is 9.68. The number of aliphatic hydroxyl groups is 2. The fraction of sp³-hybridized carbons (Fsp3) is 0.308. The van der Waals surface area contributed by atoms with Crippen molar-refractivity contribution in [3.05, 3.63) is 40.5 Å². The summed E-state index contributed by atoms with van der Waals surface area (Å²) in [7, 11) is 1.52. The molecule has 0 aliphatic rings. The van der Waals surface area contributed by atoms with Gasteiger partial charge in [0.25, 0.3) is 0 Å². The summed E-state index contributed by atoms with van der Waals surface area (Å²) in [5, 5.41) is 27.0. The average Bonchev–Trinajstić information content (AvgIpc) is 2.37. The summed E-state index contributed by atoms with van der Waals surface area (Å²) < 4.78 is 4.89. The average molecular weight is 233 g/mol.